The summed E-state index contributed by atoms with van der Waals surface area (Å²) in [4.78, 5) is 14.7. The summed E-state index contributed by atoms with van der Waals surface area (Å²) in [6.07, 6.45) is 0. The quantitative estimate of drug-likeness (QED) is 0.677. The number of sulfonamides is 1. The van der Waals surface area contributed by atoms with Crippen molar-refractivity contribution in [3.63, 3.8) is 0 Å². The molecule has 0 aliphatic carbocycles. The SMILES string of the molecule is COc1ccc(NC(=O)C[NH+](C)Cc2sccc2C)cc1S(=O)(=O)N(C)C. The van der Waals surface area contributed by atoms with E-state index in [1.165, 1.54) is 43.8 Å². The van der Waals surface area contributed by atoms with Gasteiger partial charge in [-0.1, -0.05) is 0 Å². The van der Waals surface area contributed by atoms with Gasteiger partial charge in [0, 0.05) is 19.8 Å². The maximum atomic E-state index is 12.5. The molecule has 2 aromatic rings. The molecule has 0 bridgehead atoms. The molecule has 7 nitrogen and oxygen atoms in total. The highest BCUT2D eigenvalue weighted by Gasteiger charge is 2.23. The second-order valence-electron chi connectivity index (χ2n) is 6.54. The predicted molar refractivity (Wildman–Crippen MR) is 107 cm³/mol. The molecule has 1 aromatic heterocycles. The van der Waals surface area contributed by atoms with Gasteiger partial charge in [0.15, 0.2) is 6.54 Å². The first-order valence-electron chi connectivity index (χ1n) is 8.40. The minimum atomic E-state index is -3.69. The van der Waals surface area contributed by atoms with Crippen LogP contribution in [0.1, 0.15) is 10.4 Å². The zero-order valence-electron chi connectivity index (χ0n) is 16.2. The Balaban J connectivity index is 2.10. The lowest BCUT2D eigenvalue weighted by Crippen LogP contribution is -3.08. The van der Waals surface area contributed by atoms with Crippen molar-refractivity contribution >= 4 is 33.0 Å². The summed E-state index contributed by atoms with van der Waals surface area (Å²) in [5, 5.41) is 4.82. The van der Waals surface area contributed by atoms with Crippen molar-refractivity contribution < 1.29 is 22.8 Å². The van der Waals surface area contributed by atoms with E-state index >= 15 is 0 Å². The number of rotatable bonds is 8. The molecule has 0 spiro atoms. The molecule has 0 radical (unpaired) electrons. The Morgan fingerprint density at radius 1 is 1.30 bits per heavy atom. The van der Waals surface area contributed by atoms with Gasteiger partial charge in [-0.3, -0.25) is 4.79 Å². The molecule has 2 rings (SSSR count). The fraction of sp³-hybridized carbons (Fsp3) is 0.389. The molecule has 27 heavy (non-hydrogen) atoms. The van der Waals surface area contributed by atoms with Gasteiger partial charge >= 0.3 is 0 Å². The van der Waals surface area contributed by atoms with Crippen LogP contribution >= 0.6 is 11.3 Å². The Morgan fingerprint density at radius 2 is 2.00 bits per heavy atom. The van der Waals surface area contributed by atoms with Crippen molar-refractivity contribution in [2.45, 2.75) is 18.4 Å². The van der Waals surface area contributed by atoms with Crippen LogP contribution in [0.25, 0.3) is 0 Å². The van der Waals surface area contributed by atoms with Crippen molar-refractivity contribution in [3.05, 3.63) is 40.1 Å². The monoisotopic (exact) mass is 412 g/mol. The van der Waals surface area contributed by atoms with E-state index in [1.807, 2.05) is 12.4 Å². The van der Waals surface area contributed by atoms with Crippen LogP contribution in [0.3, 0.4) is 0 Å². The van der Waals surface area contributed by atoms with Gasteiger partial charge in [-0.2, -0.15) is 0 Å². The van der Waals surface area contributed by atoms with E-state index < -0.39 is 10.0 Å². The molecule has 0 fully saturated rings. The Morgan fingerprint density at radius 3 is 2.56 bits per heavy atom. The maximum absolute atomic E-state index is 12.5. The molecule has 1 heterocycles. The zero-order valence-corrected chi connectivity index (χ0v) is 17.8. The minimum Gasteiger partial charge on any atom is -0.495 e. The second kappa shape index (κ2) is 8.83. The summed E-state index contributed by atoms with van der Waals surface area (Å²) < 4.78 is 31.2. The number of likely N-dealkylation sites (N-methyl/N-ethyl adjacent to an activating group) is 1. The first-order valence-corrected chi connectivity index (χ1v) is 10.7. The van der Waals surface area contributed by atoms with Crippen LogP contribution in [0.2, 0.25) is 0 Å². The lowest BCUT2D eigenvalue weighted by atomic mass is 10.3. The molecule has 9 heteroatoms. The van der Waals surface area contributed by atoms with E-state index in [9.17, 15) is 13.2 Å². The van der Waals surface area contributed by atoms with Gasteiger partial charge in [0.2, 0.25) is 10.0 Å². The maximum Gasteiger partial charge on any atom is 0.279 e. The molecular weight excluding hydrogens is 386 g/mol. The first-order chi connectivity index (χ1) is 12.6. The summed E-state index contributed by atoms with van der Waals surface area (Å²) >= 11 is 1.68. The van der Waals surface area contributed by atoms with Crippen LogP contribution in [0.5, 0.6) is 5.75 Å². The van der Waals surface area contributed by atoms with Crippen molar-refractivity contribution in [1.29, 1.82) is 0 Å². The van der Waals surface area contributed by atoms with Crippen LogP contribution in [0.15, 0.2) is 34.5 Å². The second-order valence-corrected chi connectivity index (χ2v) is 9.66. The number of carbonyl (C=O) groups excluding carboxylic acids is 1. The molecule has 1 unspecified atom stereocenters. The number of methoxy groups -OCH3 is 1. The normalized spacial score (nSPS) is 12.8. The molecule has 2 N–H and O–H groups in total. The van der Waals surface area contributed by atoms with E-state index in [0.29, 0.717) is 5.69 Å². The Labute approximate surface area is 164 Å². The lowest BCUT2D eigenvalue weighted by molar-refractivity contribution is -0.884. The van der Waals surface area contributed by atoms with E-state index in [1.54, 1.807) is 17.4 Å². The van der Waals surface area contributed by atoms with Crippen molar-refractivity contribution in [3.8, 4) is 5.75 Å². The molecular formula is C18H26N3O4S2+. The first kappa shape index (κ1) is 21.4. The number of carbonyl (C=O) groups is 1. The molecule has 1 aromatic carbocycles. The molecule has 0 saturated carbocycles. The van der Waals surface area contributed by atoms with Gasteiger partial charge in [0.05, 0.1) is 19.0 Å². The molecule has 1 atom stereocenters. The Kier molecular flexibility index (Phi) is 6.99. The molecule has 0 aliphatic rings. The van der Waals surface area contributed by atoms with E-state index in [2.05, 4.69) is 18.3 Å². The number of benzene rings is 1. The van der Waals surface area contributed by atoms with Crippen LogP contribution in [0, 0.1) is 6.92 Å². The smallest absolute Gasteiger partial charge is 0.279 e. The van der Waals surface area contributed by atoms with E-state index in [0.717, 1.165) is 15.7 Å². The number of ether oxygens (including phenoxy) is 1. The zero-order chi connectivity index (χ0) is 20.2. The van der Waals surface area contributed by atoms with Crippen LogP contribution in [-0.2, 0) is 21.4 Å². The minimum absolute atomic E-state index is 0.0164. The number of amides is 1. The summed E-state index contributed by atoms with van der Waals surface area (Å²) in [6.45, 7) is 3.10. The van der Waals surface area contributed by atoms with Gasteiger partial charge in [-0.15, -0.1) is 11.3 Å². The van der Waals surface area contributed by atoms with E-state index in [4.69, 9.17) is 4.74 Å². The molecule has 148 valence electrons. The lowest BCUT2D eigenvalue weighted by Gasteiger charge is -2.17. The van der Waals surface area contributed by atoms with Gasteiger partial charge < -0.3 is 15.0 Å². The average Bonchev–Trinajstić information content (AvgIpc) is 2.99. The highest BCUT2D eigenvalue weighted by atomic mass is 32.2. The number of aryl methyl sites for hydroxylation is 1. The molecule has 0 saturated heterocycles. The van der Waals surface area contributed by atoms with Gasteiger partial charge in [-0.05, 0) is 42.1 Å². The third kappa shape index (κ3) is 5.29. The Bertz CT molecular complexity index is 907. The predicted octanol–water partition coefficient (Wildman–Crippen LogP) is 0.969. The Hall–Kier alpha value is -1.94. The number of nitrogens with one attached hydrogen (secondary N) is 2. The summed E-state index contributed by atoms with van der Waals surface area (Å²) in [7, 11) is 2.57. The van der Waals surface area contributed by atoms with Gasteiger partial charge in [0.25, 0.3) is 5.91 Å². The number of hydrogen-bond donors (Lipinski definition) is 2. The van der Waals surface area contributed by atoms with Gasteiger partial charge in [0.1, 0.15) is 17.2 Å². The van der Waals surface area contributed by atoms with Crippen LogP contribution in [0.4, 0.5) is 5.69 Å². The van der Waals surface area contributed by atoms with Gasteiger partial charge in [-0.25, -0.2) is 12.7 Å². The van der Waals surface area contributed by atoms with Crippen LogP contribution in [-0.4, -0.2) is 53.4 Å². The molecule has 0 aliphatic heterocycles. The number of thiophene rings is 1. The number of nitrogens with zero attached hydrogens (tertiary/aromatic N) is 1. The number of quaternary nitrogens is 1. The average molecular weight is 413 g/mol. The number of anilines is 1. The summed E-state index contributed by atoms with van der Waals surface area (Å²) in [5.74, 6) is 0.0534. The highest BCUT2D eigenvalue weighted by Crippen LogP contribution is 2.28. The van der Waals surface area contributed by atoms with Crippen LogP contribution < -0.4 is 15.0 Å². The molecule has 1 amide bonds. The topological polar surface area (TPSA) is 80.1 Å². The summed E-state index contributed by atoms with van der Waals surface area (Å²) in [6, 6.07) is 6.66. The fourth-order valence-electron chi connectivity index (χ4n) is 2.55. The van der Waals surface area contributed by atoms with Crippen molar-refractivity contribution in [2.75, 3.05) is 40.1 Å². The highest BCUT2D eigenvalue weighted by molar-refractivity contribution is 7.89. The summed E-state index contributed by atoms with van der Waals surface area (Å²) in [5.41, 5.74) is 1.65. The third-order valence-electron chi connectivity index (χ3n) is 4.10. The van der Waals surface area contributed by atoms with Crippen molar-refractivity contribution in [1.82, 2.24) is 4.31 Å². The number of hydrogen-bond acceptors (Lipinski definition) is 5. The fourth-order valence-corrected chi connectivity index (χ4v) is 4.65. The largest absolute Gasteiger partial charge is 0.495 e. The third-order valence-corrected chi connectivity index (χ3v) is 6.96. The standard InChI is InChI=1S/C18H25N3O4S2/c1-13-8-9-26-16(13)11-21(4)12-18(22)19-14-6-7-15(25-5)17(10-14)27(23,24)20(2)3/h6-10H,11-12H2,1-5H3,(H,19,22)/p+1. The van der Waals surface area contributed by atoms with E-state index in [-0.39, 0.29) is 23.1 Å². The van der Waals surface area contributed by atoms with Crippen molar-refractivity contribution in [2.24, 2.45) is 0 Å².